The summed E-state index contributed by atoms with van der Waals surface area (Å²) >= 11 is 0. The van der Waals surface area contributed by atoms with Crippen LogP contribution in [0.2, 0.25) is 0 Å². The third kappa shape index (κ3) is 4.12. The number of morpholine rings is 1. The molecule has 140 valence electrons. The zero-order valence-electron chi connectivity index (χ0n) is 14.6. The Hall–Kier alpha value is -2.23. The number of amides is 1. The Balaban J connectivity index is 1.65. The van der Waals surface area contributed by atoms with Crippen LogP contribution in [0.5, 0.6) is 0 Å². The second-order valence-corrected chi connectivity index (χ2v) is 8.11. The summed E-state index contributed by atoms with van der Waals surface area (Å²) in [4.78, 5) is 12.6. The predicted octanol–water partition coefficient (Wildman–Crippen LogP) is 0.777. The van der Waals surface area contributed by atoms with E-state index in [9.17, 15) is 13.2 Å². The Morgan fingerprint density at radius 1 is 1.27 bits per heavy atom. The first-order chi connectivity index (χ1) is 12.5. The van der Waals surface area contributed by atoms with Crippen LogP contribution in [0.3, 0.4) is 0 Å². The molecule has 1 aliphatic heterocycles. The van der Waals surface area contributed by atoms with Gasteiger partial charge in [0.1, 0.15) is 5.69 Å². The molecule has 1 aromatic heterocycles. The molecule has 0 bridgehead atoms. The van der Waals surface area contributed by atoms with Crippen molar-refractivity contribution in [2.75, 3.05) is 38.6 Å². The number of ether oxygens (including phenoxy) is 1. The van der Waals surface area contributed by atoms with Crippen molar-refractivity contribution in [3.8, 4) is 11.3 Å². The van der Waals surface area contributed by atoms with E-state index >= 15 is 0 Å². The number of nitrogens with zero attached hydrogens (tertiary/aromatic N) is 2. The topological polar surface area (TPSA) is 104 Å². The second-order valence-electron chi connectivity index (χ2n) is 6.02. The lowest BCUT2D eigenvalue weighted by Gasteiger charge is -2.26. The number of H-pyrrole nitrogens is 1. The highest BCUT2D eigenvalue weighted by Crippen LogP contribution is 2.23. The Morgan fingerprint density at radius 2 is 1.96 bits per heavy atom. The van der Waals surface area contributed by atoms with Crippen LogP contribution in [0.4, 0.5) is 0 Å². The maximum atomic E-state index is 12.6. The van der Waals surface area contributed by atoms with Crippen LogP contribution >= 0.6 is 0 Å². The maximum Gasteiger partial charge on any atom is 0.255 e. The highest BCUT2D eigenvalue weighted by molar-refractivity contribution is 7.89. The van der Waals surface area contributed by atoms with E-state index in [1.165, 1.54) is 4.31 Å². The molecule has 8 nitrogen and oxygen atoms in total. The van der Waals surface area contributed by atoms with E-state index in [0.29, 0.717) is 43.3 Å². The minimum Gasteiger partial charge on any atom is -0.379 e. The van der Waals surface area contributed by atoms with Crippen LogP contribution < -0.4 is 5.32 Å². The monoisotopic (exact) mass is 378 g/mol. The molecule has 0 aliphatic carbocycles. The number of carbonyl (C=O) groups excluding carboxylic acids is 1. The summed E-state index contributed by atoms with van der Waals surface area (Å²) in [6.45, 7) is 3.32. The number of hydrogen-bond acceptors (Lipinski definition) is 5. The minimum atomic E-state index is -3.41. The summed E-state index contributed by atoms with van der Waals surface area (Å²) in [6.07, 6.45) is 0. The fourth-order valence-corrected chi connectivity index (χ4v) is 4.17. The van der Waals surface area contributed by atoms with Crippen LogP contribution in [0.15, 0.2) is 30.3 Å². The van der Waals surface area contributed by atoms with Crippen molar-refractivity contribution in [2.45, 2.75) is 6.92 Å². The summed E-state index contributed by atoms with van der Waals surface area (Å²) < 4.78 is 31.2. The van der Waals surface area contributed by atoms with Crippen LogP contribution in [0.25, 0.3) is 11.3 Å². The number of nitrogens with one attached hydrogen (secondary N) is 2. The highest BCUT2D eigenvalue weighted by Gasteiger charge is 2.25. The first kappa shape index (κ1) is 18.6. The van der Waals surface area contributed by atoms with Crippen LogP contribution in [-0.4, -0.2) is 67.4 Å². The lowest BCUT2D eigenvalue weighted by molar-refractivity contribution is 0.0730. The SMILES string of the molecule is Cc1[nH]nc(-c2ccccc2)c1C(=O)NCCS(=O)(=O)N1CCOCC1. The summed E-state index contributed by atoms with van der Waals surface area (Å²) in [5.74, 6) is -0.483. The summed E-state index contributed by atoms with van der Waals surface area (Å²) in [5, 5.41) is 9.73. The number of benzene rings is 1. The molecule has 1 aromatic carbocycles. The van der Waals surface area contributed by atoms with Crippen LogP contribution in [0, 0.1) is 6.92 Å². The largest absolute Gasteiger partial charge is 0.379 e. The van der Waals surface area contributed by atoms with E-state index < -0.39 is 10.0 Å². The van der Waals surface area contributed by atoms with Gasteiger partial charge in [-0.25, -0.2) is 8.42 Å². The van der Waals surface area contributed by atoms with Gasteiger partial charge in [0.05, 0.1) is 24.5 Å². The van der Waals surface area contributed by atoms with Gasteiger partial charge in [0.15, 0.2) is 0 Å². The first-order valence-corrected chi connectivity index (χ1v) is 10.0. The van der Waals surface area contributed by atoms with E-state index in [1.807, 2.05) is 30.3 Å². The molecule has 3 rings (SSSR count). The smallest absolute Gasteiger partial charge is 0.255 e. The van der Waals surface area contributed by atoms with Gasteiger partial charge < -0.3 is 10.1 Å². The molecule has 0 unspecified atom stereocenters. The lowest BCUT2D eigenvalue weighted by Crippen LogP contribution is -2.43. The highest BCUT2D eigenvalue weighted by atomic mass is 32.2. The molecule has 1 saturated heterocycles. The zero-order valence-corrected chi connectivity index (χ0v) is 15.4. The molecule has 0 saturated carbocycles. The van der Waals surface area contributed by atoms with Gasteiger partial charge in [-0.2, -0.15) is 9.40 Å². The predicted molar refractivity (Wildman–Crippen MR) is 97.3 cm³/mol. The summed E-state index contributed by atoms with van der Waals surface area (Å²) in [7, 11) is -3.41. The fraction of sp³-hybridized carbons (Fsp3) is 0.412. The molecule has 2 heterocycles. The van der Waals surface area contributed by atoms with Gasteiger partial charge in [-0.15, -0.1) is 0 Å². The third-order valence-corrected chi connectivity index (χ3v) is 6.10. The van der Waals surface area contributed by atoms with E-state index in [2.05, 4.69) is 15.5 Å². The molecule has 0 atom stereocenters. The van der Waals surface area contributed by atoms with Crippen molar-refractivity contribution in [1.82, 2.24) is 19.8 Å². The van der Waals surface area contributed by atoms with Crippen molar-refractivity contribution >= 4 is 15.9 Å². The second kappa shape index (κ2) is 7.98. The molecule has 9 heteroatoms. The third-order valence-electron chi connectivity index (χ3n) is 4.23. The van der Waals surface area contributed by atoms with E-state index in [4.69, 9.17) is 4.74 Å². The Kier molecular flexibility index (Phi) is 5.70. The Bertz CT molecular complexity index is 858. The molecule has 0 spiro atoms. The minimum absolute atomic E-state index is 0.0391. The number of hydrogen-bond donors (Lipinski definition) is 2. The Morgan fingerprint density at radius 3 is 2.65 bits per heavy atom. The molecule has 1 aliphatic rings. The molecule has 1 amide bonds. The quantitative estimate of drug-likeness (QED) is 0.773. The number of sulfonamides is 1. The average Bonchev–Trinajstić information content (AvgIpc) is 3.04. The fourth-order valence-electron chi connectivity index (χ4n) is 2.85. The molecule has 2 N–H and O–H groups in total. The number of rotatable bonds is 6. The first-order valence-electron chi connectivity index (χ1n) is 8.43. The average molecular weight is 378 g/mol. The van der Waals surface area contributed by atoms with E-state index in [0.717, 1.165) is 5.56 Å². The molecular formula is C17H22N4O4S. The number of aromatic amines is 1. The van der Waals surface area contributed by atoms with Gasteiger partial charge in [0.2, 0.25) is 10.0 Å². The molecule has 26 heavy (non-hydrogen) atoms. The van der Waals surface area contributed by atoms with Crippen molar-refractivity contribution < 1.29 is 17.9 Å². The number of carbonyl (C=O) groups is 1. The van der Waals surface area contributed by atoms with E-state index in [-0.39, 0.29) is 18.2 Å². The lowest BCUT2D eigenvalue weighted by atomic mass is 10.1. The maximum absolute atomic E-state index is 12.6. The van der Waals surface area contributed by atoms with Crippen LogP contribution in [0.1, 0.15) is 16.1 Å². The van der Waals surface area contributed by atoms with Crippen molar-refractivity contribution in [3.05, 3.63) is 41.6 Å². The van der Waals surface area contributed by atoms with Gasteiger partial charge >= 0.3 is 0 Å². The normalized spacial score (nSPS) is 15.7. The van der Waals surface area contributed by atoms with E-state index in [1.54, 1.807) is 6.92 Å². The molecule has 1 fully saturated rings. The number of aromatic nitrogens is 2. The van der Waals surface area contributed by atoms with Crippen molar-refractivity contribution in [3.63, 3.8) is 0 Å². The zero-order chi connectivity index (χ0) is 18.6. The standard InChI is InChI=1S/C17H22N4O4S/c1-13-15(16(20-19-13)14-5-3-2-4-6-14)17(22)18-7-12-26(23,24)21-8-10-25-11-9-21/h2-6H,7-12H2,1H3,(H,18,22)(H,19,20). The van der Waals surface area contributed by atoms with Gasteiger partial charge in [0.25, 0.3) is 5.91 Å². The van der Waals surface area contributed by atoms with Gasteiger partial charge in [-0.05, 0) is 6.92 Å². The molecular weight excluding hydrogens is 356 g/mol. The summed E-state index contributed by atoms with van der Waals surface area (Å²) in [5.41, 5.74) is 2.44. The van der Waals surface area contributed by atoms with Gasteiger partial charge in [-0.3, -0.25) is 9.89 Å². The Labute approximate surface area is 152 Å². The van der Waals surface area contributed by atoms with Gasteiger partial charge in [-0.1, -0.05) is 30.3 Å². The van der Waals surface area contributed by atoms with Crippen molar-refractivity contribution in [2.24, 2.45) is 0 Å². The molecule has 2 aromatic rings. The summed E-state index contributed by atoms with van der Waals surface area (Å²) in [6, 6.07) is 9.37. The van der Waals surface area contributed by atoms with Crippen LogP contribution in [-0.2, 0) is 14.8 Å². The van der Waals surface area contributed by atoms with Crippen molar-refractivity contribution in [1.29, 1.82) is 0 Å². The van der Waals surface area contributed by atoms with Gasteiger partial charge in [0, 0.05) is 30.9 Å². The number of aryl methyl sites for hydroxylation is 1. The molecule has 0 radical (unpaired) electrons.